The van der Waals surface area contributed by atoms with Gasteiger partial charge >= 0.3 is 0 Å². The van der Waals surface area contributed by atoms with E-state index in [4.69, 9.17) is 9.47 Å². The summed E-state index contributed by atoms with van der Waals surface area (Å²) in [7, 11) is 0. The molecule has 15 heavy (non-hydrogen) atoms. The van der Waals surface area contributed by atoms with E-state index in [-0.39, 0.29) is 6.29 Å². The third-order valence-electron chi connectivity index (χ3n) is 2.60. The van der Waals surface area contributed by atoms with Crippen LogP contribution in [-0.2, 0) is 9.47 Å². The fraction of sp³-hybridized carbons (Fsp3) is 0.364. The first-order chi connectivity index (χ1) is 7.34. The molecule has 0 bridgehead atoms. The minimum atomic E-state index is -0.289. The molecule has 1 aliphatic heterocycles. The lowest BCUT2D eigenvalue weighted by Crippen LogP contribution is -2.02. The lowest BCUT2D eigenvalue weighted by atomic mass is 10.2. The van der Waals surface area contributed by atoms with Crippen LogP contribution in [0.15, 0.2) is 18.3 Å². The first-order valence-electron chi connectivity index (χ1n) is 5.02. The van der Waals surface area contributed by atoms with E-state index in [1.54, 1.807) is 0 Å². The number of fused-ring (bicyclic) bond motifs is 1. The van der Waals surface area contributed by atoms with Crippen LogP contribution in [0.3, 0.4) is 0 Å². The van der Waals surface area contributed by atoms with Crippen molar-refractivity contribution >= 4 is 10.9 Å². The van der Waals surface area contributed by atoms with Crippen LogP contribution in [0.4, 0.5) is 0 Å². The molecule has 4 nitrogen and oxygen atoms in total. The SMILES string of the molecule is Cc1nc(C2OCCO2)cc2cc[nH]c12. The molecule has 0 spiro atoms. The van der Waals surface area contributed by atoms with E-state index in [0.29, 0.717) is 13.2 Å². The normalized spacial score (nSPS) is 17.7. The third kappa shape index (κ3) is 1.42. The summed E-state index contributed by atoms with van der Waals surface area (Å²) in [6.07, 6.45) is 1.63. The standard InChI is InChI=1S/C11H12N2O2/c1-7-10-8(2-3-12-10)6-9(13-7)11-14-4-5-15-11/h2-3,6,11-12H,4-5H2,1H3. The Balaban J connectivity index is 2.11. The zero-order chi connectivity index (χ0) is 10.3. The summed E-state index contributed by atoms with van der Waals surface area (Å²) in [4.78, 5) is 7.64. The van der Waals surface area contributed by atoms with Gasteiger partial charge in [-0.25, -0.2) is 0 Å². The Hall–Kier alpha value is -1.39. The highest BCUT2D eigenvalue weighted by Crippen LogP contribution is 2.25. The Kier molecular flexibility index (Phi) is 1.97. The van der Waals surface area contributed by atoms with Gasteiger partial charge in [-0.1, -0.05) is 0 Å². The second-order valence-electron chi connectivity index (χ2n) is 3.65. The zero-order valence-corrected chi connectivity index (χ0v) is 8.49. The molecule has 0 aromatic carbocycles. The van der Waals surface area contributed by atoms with E-state index in [1.807, 2.05) is 25.3 Å². The number of nitrogens with zero attached hydrogens (tertiary/aromatic N) is 1. The van der Waals surface area contributed by atoms with Crippen LogP contribution >= 0.6 is 0 Å². The average molecular weight is 204 g/mol. The van der Waals surface area contributed by atoms with Crippen LogP contribution in [0.25, 0.3) is 10.9 Å². The van der Waals surface area contributed by atoms with Crippen molar-refractivity contribution in [2.75, 3.05) is 13.2 Å². The fourth-order valence-electron chi connectivity index (χ4n) is 1.91. The first kappa shape index (κ1) is 8.88. The highest BCUT2D eigenvalue weighted by molar-refractivity contribution is 5.81. The third-order valence-corrected chi connectivity index (χ3v) is 2.60. The van der Waals surface area contributed by atoms with Crippen molar-refractivity contribution in [3.8, 4) is 0 Å². The van der Waals surface area contributed by atoms with E-state index >= 15 is 0 Å². The minimum absolute atomic E-state index is 0.289. The molecule has 3 heterocycles. The van der Waals surface area contributed by atoms with Crippen molar-refractivity contribution in [1.29, 1.82) is 0 Å². The summed E-state index contributed by atoms with van der Waals surface area (Å²) in [5.74, 6) is 0. The van der Waals surface area contributed by atoms with Gasteiger partial charge in [0.05, 0.1) is 30.1 Å². The number of ether oxygens (including phenoxy) is 2. The molecule has 0 amide bonds. The monoisotopic (exact) mass is 204 g/mol. The number of rotatable bonds is 1. The molecular formula is C11H12N2O2. The van der Waals surface area contributed by atoms with E-state index in [1.165, 1.54) is 0 Å². The van der Waals surface area contributed by atoms with Crippen molar-refractivity contribution in [2.45, 2.75) is 13.2 Å². The number of aryl methyl sites for hydroxylation is 1. The molecule has 1 aliphatic rings. The maximum atomic E-state index is 5.42. The summed E-state index contributed by atoms with van der Waals surface area (Å²) in [6, 6.07) is 4.04. The van der Waals surface area contributed by atoms with E-state index in [0.717, 1.165) is 22.3 Å². The van der Waals surface area contributed by atoms with Crippen molar-refractivity contribution < 1.29 is 9.47 Å². The number of H-pyrrole nitrogens is 1. The molecule has 0 radical (unpaired) electrons. The number of aromatic nitrogens is 2. The van der Waals surface area contributed by atoms with Gasteiger partial charge in [0.1, 0.15) is 0 Å². The Morgan fingerprint density at radius 2 is 2.20 bits per heavy atom. The zero-order valence-electron chi connectivity index (χ0n) is 8.49. The summed E-state index contributed by atoms with van der Waals surface area (Å²) < 4.78 is 10.8. The molecule has 0 unspecified atom stereocenters. The number of nitrogens with one attached hydrogen (secondary N) is 1. The summed E-state index contributed by atoms with van der Waals surface area (Å²) in [5, 5.41) is 1.15. The van der Waals surface area contributed by atoms with Crippen LogP contribution in [0, 0.1) is 6.92 Å². The Bertz CT molecular complexity index is 486. The van der Waals surface area contributed by atoms with Gasteiger partial charge in [0.2, 0.25) is 6.29 Å². The second-order valence-corrected chi connectivity index (χ2v) is 3.65. The molecule has 78 valence electrons. The predicted octanol–water partition coefficient (Wildman–Crippen LogP) is 1.92. The molecule has 1 N–H and O–H groups in total. The van der Waals surface area contributed by atoms with E-state index in [2.05, 4.69) is 9.97 Å². The van der Waals surface area contributed by atoms with Gasteiger partial charge in [-0.2, -0.15) is 0 Å². The Morgan fingerprint density at radius 1 is 1.40 bits per heavy atom. The van der Waals surface area contributed by atoms with E-state index < -0.39 is 0 Å². The molecular weight excluding hydrogens is 192 g/mol. The summed E-state index contributed by atoms with van der Waals surface area (Å²) >= 11 is 0. The largest absolute Gasteiger partial charge is 0.360 e. The predicted molar refractivity (Wildman–Crippen MR) is 55.5 cm³/mol. The first-order valence-corrected chi connectivity index (χ1v) is 5.02. The number of hydrogen-bond acceptors (Lipinski definition) is 3. The molecule has 1 fully saturated rings. The van der Waals surface area contributed by atoms with Crippen LogP contribution < -0.4 is 0 Å². The molecule has 2 aromatic heterocycles. The van der Waals surface area contributed by atoms with Gasteiger partial charge in [0, 0.05) is 11.6 Å². The molecule has 2 aromatic rings. The lowest BCUT2D eigenvalue weighted by molar-refractivity contribution is -0.0472. The van der Waals surface area contributed by atoms with Gasteiger partial charge in [-0.05, 0) is 19.1 Å². The number of pyridine rings is 1. The van der Waals surface area contributed by atoms with Crippen LogP contribution in [0.1, 0.15) is 17.7 Å². The lowest BCUT2D eigenvalue weighted by Gasteiger charge is -2.09. The molecule has 0 aliphatic carbocycles. The summed E-state index contributed by atoms with van der Waals surface area (Å²) in [6.45, 7) is 3.28. The molecule has 0 atom stereocenters. The van der Waals surface area contributed by atoms with Gasteiger partial charge in [-0.3, -0.25) is 4.98 Å². The number of aromatic amines is 1. The van der Waals surface area contributed by atoms with Gasteiger partial charge in [0.15, 0.2) is 0 Å². The Labute approximate surface area is 87.2 Å². The quantitative estimate of drug-likeness (QED) is 0.771. The van der Waals surface area contributed by atoms with Gasteiger partial charge < -0.3 is 14.5 Å². The van der Waals surface area contributed by atoms with Crippen LogP contribution in [0.2, 0.25) is 0 Å². The van der Waals surface area contributed by atoms with Crippen molar-refractivity contribution in [3.05, 3.63) is 29.7 Å². The smallest absolute Gasteiger partial charge is 0.201 e. The highest BCUT2D eigenvalue weighted by atomic mass is 16.7. The molecule has 3 rings (SSSR count). The average Bonchev–Trinajstić information content (AvgIpc) is 2.88. The molecule has 4 heteroatoms. The van der Waals surface area contributed by atoms with Crippen LogP contribution in [0.5, 0.6) is 0 Å². The second kappa shape index (κ2) is 3.32. The topological polar surface area (TPSA) is 47.1 Å². The van der Waals surface area contributed by atoms with Crippen molar-refractivity contribution in [1.82, 2.24) is 9.97 Å². The van der Waals surface area contributed by atoms with Crippen molar-refractivity contribution in [2.24, 2.45) is 0 Å². The highest BCUT2D eigenvalue weighted by Gasteiger charge is 2.20. The maximum absolute atomic E-state index is 5.42. The Morgan fingerprint density at radius 3 is 3.00 bits per heavy atom. The van der Waals surface area contributed by atoms with Gasteiger partial charge in [-0.15, -0.1) is 0 Å². The minimum Gasteiger partial charge on any atom is -0.360 e. The number of hydrogen-bond donors (Lipinski definition) is 1. The van der Waals surface area contributed by atoms with Gasteiger partial charge in [0.25, 0.3) is 0 Å². The van der Waals surface area contributed by atoms with Crippen molar-refractivity contribution in [3.63, 3.8) is 0 Å². The molecule has 1 saturated heterocycles. The molecule has 0 saturated carbocycles. The fourth-order valence-corrected chi connectivity index (χ4v) is 1.91. The summed E-state index contributed by atoms with van der Waals surface area (Å²) in [5.41, 5.74) is 2.92. The van der Waals surface area contributed by atoms with E-state index in [9.17, 15) is 0 Å². The van der Waals surface area contributed by atoms with Crippen LogP contribution in [-0.4, -0.2) is 23.2 Å². The maximum Gasteiger partial charge on any atom is 0.201 e.